The van der Waals surface area contributed by atoms with Crippen LogP contribution in [0.15, 0.2) is 22.6 Å². The Balaban J connectivity index is 2.50. The molecule has 1 aromatic rings. The Morgan fingerprint density at radius 2 is 2.08 bits per heavy atom. The van der Waals surface area contributed by atoms with Gasteiger partial charge in [-0.15, -0.1) is 0 Å². The number of nitrogens with two attached hydrogens (primary N) is 1. The fourth-order valence-corrected chi connectivity index (χ4v) is 3.19. The standard InChI is InChI=1S/C12H17F3N6O2S/c1-4-24(22,23)21-7(2)8(6-19-21)12(16)18-5-9(11(13,14)15)10(17-3)20-12/h5-6,17,20H,4,16H2,1-3H3. The highest BCUT2D eigenvalue weighted by Gasteiger charge is 2.42. The van der Waals surface area contributed by atoms with Crippen molar-refractivity contribution in [1.82, 2.24) is 19.8 Å². The zero-order valence-corrected chi connectivity index (χ0v) is 14.0. The Labute approximate surface area is 136 Å². The minimum atomic E-state index is -4.62. The summed E-state index contributed by atoms with van der Waals surface area (Å²) in [5, 5.41) is 8.61. The predicted octanol–water partition coefficient (Wildman–Crippen LogP) is 0.126. The number of alkyl halides is 3. The maximum atomic E-state index is 13.0. The Morgan fingerprint density at radius 1 is 1.46 bits per heavy atom. The molecule has 24 heavy (non-hydrogen) atoms. The SMILES string of the molecule is CCS(=O)(=O)n1ncc(C2(N)N=CC(C(F)(F)F)=C(NC)N2)c1C. The van der Waals surface area contributed by atoms with Crippen LogP contribution in [0.2, 0.25) is 0 Å². The van der Waals surface area contributed by atoms with E-state index in [0.717, 1.165) is 4.09 Å². The van der Waals surface area contributed by atoms with Crippen LogP contribution < -0.4 is 16.4 Å². The number of halogens is 3. The molecule has 0 fully saturated rings. The maximum Gasteiger partial charge on any atom is 0.421 e. The molecule has 1 aliphatic heterocycles. The monoisotopic (exact) mass is 366 g/mol. The molecular weight excluding hydrogens is 349 g/mol. The molecule has 4 N–H and O–H groups in total. The van der Waals surface area contributed by atoms with Gasteiger partial charge in [-0.05, 0) is 13.8 Å². The summed E-state index contributed by atoms with van der Waals surface area (Å²) in [6, 6.07) is 0. The third-order valence-electron chi connectivity index (χ3n) is 3.54. The number of hydrogen-bond acceptors (Lipinski definition) is 7. The summed E-state index contributed by atoms with van der Waals surface area (Å²) in [5.41, 5.74) is 5.34. The van der Waals surface area contributed by atoms with Crippen LogP contribution in [0.1, 0.15) is 18.2 Å². The van der Waals surface area contributed by atoms with Crippen LogP contribution >= 0.6 is 0 Å². The lowest BCUT2D eigenvalue weighted by atomic mass is 10.1. The first-order valence-electron chi connectivity index (χ1n) is 6.86. The summed E-state index contributed by atoms with van der Waals surface area (Å²) in [4.78, 5) is 3.74. The highest BCUT2D eigenvalue weighted by Crippen LogP contribution is 2.31. The Kier molecular flexibility index (Phi) is 4.39. The van der Waals surface area contributed by atoms with E-state index in [1.54, 1.807) is 0 Å². The molecule has 1 unspecified atom stereocenters. The molecule has 0 saturated carbocycles. The van der Waals surface area contributed by atoms with E-state index in [0.29, 0.717) is 6.21 Å². The molecule has 0 saturated heterocycles. The molecule has 1 aromatic heterocycles. The van der Waals surface area contributed by atoms with Crippen molar-refractivity contribution in [2.45, 2.75) is 25.8 Å². The number of rotatable bonds is 4. The van der Waals surface area contributed by atoms with Gasteiger partial charge in [0.25, 0.3) is 10.0 Å². The smallest absolute Gasteiger partial charge is 0.374 e. The van der Waals surface area contributed by atoms with Crippen LogP contribution in [-0.4, -0.2) is 42.8 Å². The summed E-state index contributed by atoms with van der Waals surface area (Å²) in [6.45, 7) is 2.90. The Hall–Kier alpha value is -2.08. The molecule has 2 heterocycles. The topological polar surface area (TPSA) is 114 Å². The van der Waals surface area contributed by atoms with Crippen molar-refractivity contribution in [3.05, 3.63) is 28.8 Å². The fourth-order valence-electron chi connectivity index (χ4n) is 2.24. The van der Waals surface area contributed by atoms with Gasteiger partial charge in [0.2, 0.25) is 5.79 Å². The molecule has 0 amide bonds. The summed E-state index contributed by atoms with van der Waals surface area (Å²) in [5.74, 6) is -2.34. The van der Waals surface area contributed by atoms with Gasteiger partial charge in [-0.1, -0.05) is 0 Å². The third-order valence-corrected chi connectivity index (χ3v) is 5.17. The zero-order chi connectivity index (χ0) is 18.3. The molecule has 12 heteroatoms. The molecule has 8 nitrogen and oxygen atoms in total. The van der Waals surface area contributed by atoms with Gasteiger partial charge >= 0.3 is 6.18 Å². The van der Waals surface area contributed by atoms with Crippen LogP contribution in [0.3, 0.4) is 0 Å². The van der Waals surface area contributed by atoms with Gasteiger partial charge in [-0.3, -0.25) is 5.73 Å². The average Bonchev–Trinajstić information content (AvgIpc) is 2.89. The van der Waals surface area contributed by atoms with E-state index >= 15 is 0 Å². The summed E-state index contributed by atoms with van der Waals surface area (Å²) >= 11 is 0. The van der Waals surface area contributed by atoms with Crippen molar-refractivity contribution >= 4 is 16.2 Å². The quantitative estimate of drug-likeness (QED) is 0.698. The average molecular weight is 366 g/mol. The van der Waals surface area contributed by atoms with E-state index < -0.39 is 27.6 Å². The van der Waals surface area contributed by atoms with Gasteiger partial charge in [0.05, 0.1) is 23.2 Å². The van der Waals surface area contributed by atoms with Crippen molar-refractivity contribution < 1.29 is 21.6 Å². The lowest BCUT2D eigenvalue weighted by Crippen LogP contribution is -2.54. The molecule has 0 spiro atoms. The van der Waals surface area contributed by atoms with Gasteiger partial charge in [-0.25, -0.2) is 13.4 Å². The van der Waals surface area contributed by atoms with E-state index in [9.17, 15) is 21.6 Å². The fraction of sp³-hybridized carbons (Fsp3) is 0.500. The van der Waals surface area contributed by atoms with Crippen LogP contribution in [0, 0.1) is 6.92 Å². The third kappa shape index (κ3) is 2.98. The van der Waals surface area contributed by atoms with E-state index in [1.165, 1.54) is 27.1 Å². The highest BCUT2D eigenvalue weighted by molar-refractivity contribution is 7.89. The molecule has 1 atom stereocenters. The molecular formula is C12H17F3N6O2S. The van der Waals surface area contributed by atoms with E-state index in [1.807, 2.05) is 0 Å². The van der Waals surface area contributed by atoms with E-state index in [2.05, 4.69) is 20.7 Å². The highest BCUT2D eigenvalue weighted by atomic mass is 32.2. The van der Waals surface area contributed by atoms with Crippen molar-refractivity contribution in [2.75, 3.05) is 12.8 Å². The van der Waals surface area contributed by atoms with Crippen LogP contribution in [0.5, 0.6) is 0 Å². The molecule has 0 radical (unpaired) electrons. The second-order valence-electron chi connectivity index (χ2n) is 5.07. The van der Waals surface area contributed by atoms with Gasteiger partial charge < -0.3 is 10.6 Å². The molecule has 0 aliphatic carbocycles. The van der Waals surface area contributed by atoms with Crippen molar-refractivity contribution in [1.29, 1.82) is 0 Å². The van der Waals surface area contributed by atoms with Gasteiger partial charge in [0.1, 0.15) is 11.4 Å². The maximum absolute atomic E-state index is 13.0. The molecule has 134 valence electrons. The number of aromatic nitrogens is 2. The summed E-state index contributed by atoms with van der Waals surface area (Å²) in [6.07, 6.45) is -2.85. The minimum absolute atomic E-state index is 0.143. The zero-order valence-electron chi connectivity index (χ0n) is 13.1. The number of hydrogen-bond donors (Lipinski definition) is 3. The second kappa shape index (κ2) is 5.77. The Morgan fingerprint density at radius 3 is 2.58 bits per heavy atom. The van der Waals surface area contributed by atoms with Crippen LogP contribution in [-0.2, 0) is 15.8 Å². The van der Waals surface area contributed by atoms with Crippen molar-refractivity contribution in [3.8, 4) is 0 Å². The first-order valence-corrected chi connectivity index (χ1v) is 8.47. The Bertz CT molecular complexity index is 811. The lowest BCUT2D eigenvalue weighted by molar-refractivity contribution is -0.0875. The van der Waals surface area contributed by atoms with Gasteiger partial charge in [-0.2, -0.15) is 22.4 Å². The molecule has 1 aliphatic rings. The van der Waals surface area contributed by atoms with Gasteiger partial charge in [0, 0.05) is 13.3 Å². The molecule has 2 rings (SSSR count). The largest absolute Gasteiger partial charge is 0.421 e. The number of aliphatic imine (C=N–C) groups is 1. The summed E-state index contributed by atoms with van der Waals surface area (Å²) in [7, 11) is -2.37. The van der Waals surface area contributed by atoms with Crippen LogP contribution in [0.4, 0.5) is 13.2 Å². The van der Waals surface area contributed by atoms with Crippen molar-refractivity contribution in [3.63, 3.8) is 0 Å². The van der Waals surface area contributed by atoms with Gasteiger partial charge in [0.15, 0.2) is 0 Å². The number of allylic oxidation sites excluding steroid dienone is 1. The first kappa shape index (κ1) is 18.3. The second-order valence-corrected chi connectivity index (χ2v) is 7.16. The molecule has 0 aromatic carbocycles. The molecule has 0 bridgehead atoms. The minimum Gasteiger partial charge on any atom is -0.374 e. The normalized spacial score (nSPS) is 21.8. The van der Waals surface area contributed by atoms with Crippen LogP contribution in [0.25, 0.3) is 0 Å². The number of nitrogens with zero attached hydrogens (tertiary/aromatic N) is 3. The lowest BCUT2D eigenvalue weighted by Gasteiger charge is -2.33. The first-order chi connectivity index (χ1) is 11.0. The predicted molar refractivity (Wildman–Crippen MR) is 81.5 cm³/mol. The van der Waals surface area contributed by atoms with E-state index in [4.69, 9.17) is 5.73 Å². The van der Waals surface area contributed by atoms with Crippen molar-refractivity contribution in [2.24, 2.45) is 10.7 Å². The number of nitrogens with one attached hydrogen (secondary N) is 2. The van der Waals surface area contributed by atoms with E-state index in [-0.39, 0.29) is 22.8 Å². The summed E-state index contributed by atoms with van der Waals surface area (Å²) < 4.78 is 63.6.